The highest BCUT2D eigenvalue weighted by molar-refractivity contribution is 7.92. The quantitative estimate of drug-likeness (QED) is 0.590. The zero-order chi connectivity index (χ0) is 19.4. The highest BCUT2D eigenvalue weighted by Crippen LogP contribution is 2.28. The zero-order valence-corrected chi connectivity index (χ0v) is 15.1. The molecule has 1 aromatic carbocycles. The molecule has 0 saturated carbocycles. The van der Waals surface area contributed by atoms with E-state index in [0.717, 1.165) is 0 Å². The van der Waals surface area contributed by atoms with Gasteiger partial charge in [-0.1, -0.05) is 18.2 Å². The summed E-state index contributed by atoms with van der Waals surface area (Å²) in [6.45, 7) is 2.07. The van der Waals surface area contributed by atoms with Crippen LogP contribution in [0.5, 0.6) is 5.88 Å². The van der Waals surface area contributed by atoms with E-state index in [1.807, 2.05) is 6.07 Å². The van der Waals surface area contributed by atoms with Gasteiger partial charge in [0.25, 0.3) is 10.0 Å². The minimum absolute atomic E-state index is 0.101. The van der Waals surface area contributed by atoms with Gasteiger partial charge >= 0.3 is 0 Å². The summed E-state index contributed by atoms with van der Waals surface area (Å²) in [6, 6.07) is 12.9. The van der Waals surface area contributed by atoms with Gasteiger partial charge in [0.2, 0.25) is 5.88 Å². The van der Waals surface area contributed by atoms with Gasteiger partial charge in [-0.05, 0) is 25.1 Å². The number of hydrogen-bond donors (Lipinski definition) is 3. The first-order valence-electron chi connectivity index (χ1n) is 7.91. The maximum absolute atomic E-state index is 12.4. The molecule has 0 aliphatic carbocycles. The van der Waals surface area contributed by atoms with Crippen LogP contribution in [0.3, 0.4) is 0 Å². The average Bonchev–Trinajstić information content (AvgIpc) is 3.10. The number of H-pyrrole nitrogens is 1. The van der Waals surface area contributed by atoms with Gasteiger partial charge in [-0.15, -0.1) is 0 Å². The maximum Gasteiger partial charge on any atom is 0.263 e. The Hall–Kier alpha value is -3.58. The lowest BCUT2D eigenvalue weighted by Gasteiger charge is -2.08. The summed E-state index contributed by atoms with van der Waals surface area (Å²) in [5.41, 5.74) is 6.92. The van der Waals surface area contributed by atoms with Crippen molar-refractivity contribution in [1.82, 2.24) is 15.2 Å². The zero-order valence-electron chi connectivity index (χ0n) is 14.3. The Morgan fingerprint density at radius 1 is 1.26 bits per heavy atom. The molecule has 10 heteroatoms. The average molecular weight is 384 g/mol. The normalized spacial score (nSPS) is 11.0. The Kier molecular flexibility index (Phi) is 4.96. The van der Waals surface area contributed by atoms with Crippen molar-refractivity contribution in [1.29, 1.82) is 5.26 Å². The lowest BCUT2D eigenvalue weighted by molar-refractivity contribution is 0.326. The molecule has 3 aromatic rings. The number of hydrogen-bond acceptors (Lipinski definition) is 7. The molecule has 3 rings (SSSR count). The van der Waals surface area contributed by atoms with E-state index in [2.05, 4.69) is 19.9 Å². The topological polar surface area (TPSA) is 147 Å². The number of nitrogens with two attached hydrogens (primary N) is 1. The Balaban J connectivity index is 1.91. The number of anilines is 2. The van der Waals surface area contributed by atoms with Crippen LogP contribution in [-0.2, 0) is 10.0 Å². The summed E-state index contributed by atoms with van der Waals surface area (Å²) < 4.78 is 32.5. The van der Waals surface area contributed by atoms with Crippen LogP contribution in [0.2, 0.25) is 0 Å². The SMILES string of the molecule is CCOc1nc(-c2cc(NS(=O)(=O)c3ccccc3)[nH]n2)cc(N)c1C#N. The van der Waals surface area contributed by atoms with Crippen LogP contribution in [0.25, 0.3) is 11.4 Å². The number of nitrogens with zero attached hydrogens (tertiary/aromatic N) is 3. The Morgan fingerprint density at radius 3 is 2.67 bits per heavy atom. The molecule has 0 aliphatic heterocycles. The molecule has 9 nitrogen and oxygen atoms in total. The largest absolute Gasteiger partial charge is 0.477 e. The molecule has 0 atom stereocenters. The third-order valence-corrected chi connectivity index (χ3v) is 4.93. The number of aromatic nitrogens is 3. The predicted molar refractivity (Wildman–Crippen MR) is 99.4 cm³/mol. The van der Waals surface area contributed by atoms with Gasteiger partial charge in [0.15, 0.2) is 0 Å². The van der Waals surface area contributed by atoms with Crippen LogP contribution in [0.15, 0.2) is 47.4 Å². The summed E-state index contributed by atoms with van der Waals surface area (Å²) in [5, 5.41) is 15.8. The first kappa shape index (κ1) is 18.2. The summed E-state index contributed by atoms with van der Waals surface area (Å²) >= 11 is 0. The molecule has 0 radical (unpaired) electrons. The molecule has 2 heterocycles. The lowest BCUT2D eigenvalue weighted by atomic mass is 10.2. The van der Waals surface area contributed by atoms with E-state index in [-0.39, 0.29) is 27.8 Å². The number of pyridine rings is 1. The molecule has 4 N–H and O–H groups in total. The van der Waals surface area contributed by atoms with E-state index in [1.54, 1.807) is 25.1 Å². The molecular formula is C17H16N6O3S. The fourth-order valence-electron chi connectivity index (χ4n) is 2.33. The summed E-state index contributed by atoms with van der Waals surface area (Å²) in [6.07, 6.45) is 0. The van der Waals surface area contributed by atoms with Gasteiger partial charge in [0.1, 0.15) is 23.1 Å². The molecule has 27 heavy (non-hydrogen) atoms. The Labute approximate surface area is 155 Å². The molecule has 2 aromatic heterocycles. The van der Waals surface area contributed by atoms with Crippen molar-refractivity contribution < 1.29 is 13.2 Å². The number of nitrogen functional groups attached to an aromatic ring is 1. The van der Waals surface area contributed by atoms with E-state index in [0.29, 0.717) is 18.0 Å². The molecule has 0 amide bonds. The van der Waals surface area contributed by atoms with Gasteiger partial charge in [-0.25, -0.2) is 13.4 Å². The van der Waals surface area contributed by atoms with Crippen molar-refractivity contribution in [3.63, 3.8) is 0 Å². The molecule has 0 spiro atoms. The molecule has 0 fully saturated rings. The minimum atomic E-state index is -3.75. The minimum Gasteiger partial charge on any atom is -0.477 e. The number of nitriles is 1. The van der Waals surface area contributed by atoms with Gasteiger partial charge < -0.3 is 10.5 Å². The first-order chi connectivity index (χ1) is 12.9. The summed E-state index contributed by atoms with van der Waals surface area (Å²) in [7, 11) is -3.75. The van der Waals surface area contributed by atoms with E-state index in [4.69, 9.17) is 10.5 Å². The van der Waals surface area contributed by atoms with Gasteiger partial charge in [-0.2, -0.15) is 10.4 Å². The fourth-order valence-corrected chi connectivity index (χ4v) is 3.36. The third kappa shape index (κ3) is 3.83. The molecule has 0 unspecified atom stereocenters. The highest BCUT2D eigenvalue weighted by atomic mass is 32.2. The predicted octanol–water partition coefficient (Wildman–Crippen LogP) is 2.13. The molecule has 0 aliphatic rings. The monoisotopic (exact) mass is 384 g/mol. The van der Waals surface area contributed by atoms with Crippen molar-refractivity contribution in [2.45, 2.75) is 11.8 Å². The molecular weight excluding hydrogens is 368 g/mol. The fraction of sp³-hybridized carbons (Fsp3) is 0.118. The number of nitrogens with one attached hydrogen (secondary N) is 2. The van der Waals surface area contributed by atoms with Crippen LogP contribution < -0.4 is 15.2 Å². The van der Waals surface area contributed by atoms with Crippen LogP contribution in [-0.4, -0.2) is 30.2 Å². The Morgan fingerprint density at radius 2 is 2.00 bits per heavy atom. The number of rotatable bonds is 6. The smallest absolute Gasteiger partial charge is 0.263 e. The Bertz CT molecular complexity index is 1100. The second kappa shape index (κ2) is 7.35. The highest BCUT2D eigenvalue weighted by Gasteiger charge is 2.18. The van der Waals surface area contributed by atoms with Gasteiger partial charge in [0, 0.05) is 6.07 Å². The van der Waals surface area contributed by atoms with Crippen molar-refractivity contribution in [3.05, 3.63) is 48.0 Å². The standard InChI is InChI=1S/C17H16N6O3S/c1-2-26-17-12(10-18)13(19)8-14(20-17)15-9-16(22-21-15)23-27(24,25)11-6-4-3-5-7-11/h3-9H,2H2,1H3,(H2,19,20)(H2,21,22,23). The number of sulfonamides is 1. The maximum atomic E-state index is 12.4. The van der Waals surface area contributed by atoms with Crippen molar-refractivity contribution in [2.75, 3.05) is 17.1 Å². The van der Waals surface area contributed by atoms with Crippen molar-refractivity contribution in [3.8, 4) is 23.3 Å². The van der Waals surface area contributed by atoms with Gasteiger partial charge in [0.05, 0.1) is 22.9 Å². The van der Waals surface area contributed by atoms with E-state index in [9.17, 15) is 13.7 Å². The number of aromatic amines is 1. The van der Waals surface area contributed by atoms with Gasteiger partial charge in [-0.3, -0.25) is 9.82 Å². The lowest BCUT2D eigenvalue weighted by Crippen LogP contribution is -2.12. The second-order valence-corrected chi connectivity index (χ2v) is 7.09. The van der Waals surface area contributed by atoms with Crippen molar-refractivity contribution in [2.24, 2.45) is 0 Å². The molecule has 0 saturated heterocycles. The van der Waals surface area contributed by atoms with Crippen LogP contribution >= 0.6 is 0 Å². The summed E-state index contributed by atoms with van der Waals surface area (Å²) in [5.74, 6) is 0.265. The second-order valence-electron chi connectivity index (χ2n) is 5.41. The van der Waals surface area contributed by atoms with Crippen LogP contribution in [0.1, 0.15) is 12.5 Å². The van der Waals surface area contributed by atoms with E-state index in [1.165, 1.54) is 24.3 Å². The number of ether oxygens (including phenoxy) is 1. The number of benzene rings is 1. The van der Waals surface area contributed by atoms with Crippen molar-refractivity contribution >= 4 is 21.5 Å². The van der Waals surface area contributed by atoms with Crippen LogP contribution in [0, 0.1) is 11.3 Å². The van der Waals surface area contributed by atoms with E-state index < -0.39 is 10.0 Å². The van der Waals surface area contributed by atoms with Crippen LogP contribution in [0.4, 0.5) is 11.5 Å². The molecule has 0 bridgehead atoms. The summed E-state index contributed by atoms with van der Waals surface area (Å²) in [4.78, 5) is 4.37. The first-order valence-corrected chi connectivity index (χ1v) is 9.40. The third-order valence-electron chi connectivity index (χ3n) is 3.55. The van der Waals surface area contributed by atoms with E-state index >= 15 is 0 Å². The molecule has 138 valence electrons.